The van der Waals surface area contributed by atoms with Crippen LogP contribution < -0.4 is 0 Å². The molecule has 0 aliphatic heterocycles. The van der Waals surface area contributed by atoms with Crippen molar-refractivity contribution in [2.75, 3.05) is 0 Å². The van der Waals surface area contributed by atoms with E-state index in [1.807, 2.05) is 0 Å². The van der Waals surface area contributed by atoms with Crippen molar-refractivity contribution >= 4 is 44.3 Å². The normalized spacial score (nSPS) is 16.5. The molecule has 1 heteroatoms. The van der Waals surface area contributed by atoms with Crippen LogP contribution in [0.15, 0.2) is 170 Å². The first kappa shape index (κ1) is 27.2. The molecule has 2 aliphatic rings. The molecular weight excluding hydrogens is 576 g/mol. The van der Waals surface area contributed by atoms with E-state index in [0.29, 0.717) is 0 Å². The summed E-state index contributed by atoms with van der Waals surface area (Å²) in [5, 5.41) is 5.01. The van der Waals surface area contributed by atoms with Crippen molar-refractivity contribution in [2.24, 2.45) is 0 Å². The summed E-state index contributed by atoms with van der Waals surface area (Å²) in [4.78, 5) is 0. The predicted molar refractivity (Wildman–Crippen MR) is 195 cm³/mol. The molecule has 7 aromatic carbocycles. The number of allylic oxidation sites excluding steroid dienone is 4. The molecule has 0 fully saturated rings. The quantitative estimate of drug-likeness (QED) is 0.138. The second-order valence-electron chi connectivity index (χ2n) is 12.5. The van der Waals surface area contributed by atoms with E-state index in [1.54, 1.807) is 0 Å². The van der Waals surface area contributed by atoms with Gasteiger partial charge >= 0.3 is 0 Å². The lowest BCUT2D eigenvalue weighted by Gasteiger charge is -2.34. The van der Waals surface area contributed by atoms with E-state index in [0.717, 1.165) is 6.42 Å². The summed E-state index contributed by atoms with van der Waals surface area (Å²) in [7, 11) is 0. The first-order chi connectivity index (χ1) is 22.7. The van der Waals surface area contributed by atoms with Crippen LogP contribution >= 0.6 is 11.6 Å². The van der Waals surface area contributed by atoms with E-state index in [2.05, 4.69) is 170 Å². The number of halogens is 1. The lowest BCUT2D eigenvalue weighted by atomic mass is 9.67. The first-order valence-electron chi connectivity index (χ1n) is 16.1. The van der Waals surface area contributed by atoms with Crippen molar-refractivity contribution in [2.45, 2.75) is 17.2 Å². The Morgan fingerprint density at radius 3 is 1.87 bits per heavy atom. The lowest BCUT2D eigenvalue weighted by molar-refractivity contribution is 0.768. The molecule has 0 heterocycles. The van der Waals surface area contributed by atoms with Crippen LogP contribution in [0.25, 0.3) is 43.8 Å². The average molecular weight is 607 g/mol. The minimum atomic E-state index is -0.439. The second-order valence-corrected chi connectivity index (χ2v) is 13.0. The van der Waals surface area contributed by atoms with Crippen molar-refractivity contribution < 1.29 is 0 Å². The Balaban J connectivity index is 1.35. The standard InChI is InChI=1S/C45H31Cl/c46-34-24-26-38(42-27-30-13-7-8-18-35(30)36-19-9-10-20-37(36)42)41(29-34)31-23-25-40-39-21-11-12-22-43(39)45(44(40)28-31,32-14-3-1-4-15-32)33-16-5-2-6-17-33/h1-28,34H,29H2. The zero-order valence-electron chi connectivity index (χ0n) is 25.3. The van der Waals surface area contributed by atoms with Crippen molar-refractivity contribution in [1.29, 1.82) is 0 Å². The highest BCUT2D eigenvalue weighted by molar-refractivity contribution is 6.24. The van der Waals surface area contributed by atoms with Gasteiger partial charge < -0.3 is 0 Å². The zero-order valence-corrected chi connectivity index (χ0v) is 26.1. The fourth-order valence-corrected chi connectivity index (χ4v) is 8.34. The molecule has 218 valence electrons. The third-order valence-electron chi connectivity index (χ3n) is 10.1. The average Bonchev–Trinajstić information content (AvgIpc) is 3.42. The number of fused-ring (bicyclic) bond motifs is 6. The minimum Gasteiger partial charge on any atom is -0.118 e. The molecule has 0 radical (unpaired) electrons. The summed E-state index contributed by atoms with van der Waals surface area (Å²) in [5.41, 5.74) is 12.4. The molecule has 9 rings (SSSR count). The van der Waals surface area contributed by atoms with E-state index < -0.39 is 5.41 Å². The van der Waals surface area contributed by atoms with Crippen LogP contribution in [0.2, 0.25) is 0 Å². The maximum absolute atomic E-state index is 6.94. The van der Waals surface area contributed by atoms with E-state index >= 15 is 0 Å². The minimum absolute atomic E-state index is 0.0658. The van der Waals surface area contributed by atoms with Gasteiger partial charge in [-0.25, -0.2) is 0 Å². The molecule has 0 saturated carbocycles. The number of benzene rings is 7. The van der Waals surface area contributed by atoms with Crippen LogP contribution in [0.1, 0.15) is 39.8 Å². The molecule has 0 saturated heterocycles. The van der Waals surface area contributed by atoms with Gasteiger partial charge in [0.15, 0.2) is 0 Å². The maximum Gasteiger partial charge on any atom is 0.0713 e. The summed E-state index contributed by atoms with van der Waals surface area (Å²) in [6.07, 6.45) is 5.19. The van der Waals surface area contributed by atoms with E-state index in [9.17, 15) is 0 Å². The van der Waals surface area contributed by atoms with Crippen LogP contribution in [-0.4, -0.2) is 5.38 Å². The van der Waals surface area contributed by atoms with Gasteiger partial charge in [-0.05, 0) is 95.8 Å². The van der Waals surface area contributed by atoms with Crippen LogP contribution in [-0.2, 0) is 5.41 Å². The Labute approximate surface area is 274 Å². The van der Waals surface area contributed by atoms with E-state index in [1.165, 1.54) is 77.2 Å². The number of rotatable bonds is 4. The van der Waals surface area contributed by atoms with Gasteiger partial charge in [-0.2, -0.15) is 0 Å². The fourth-order valence-electron chi connectivity index (χ4n) is 8.11. The smallest absolute Gasteiger partial charge is 0.0713 e. The van der Waals surface area contributed by atoms with Crippen molar-refractivity contribution in [1.82, 2.24) is 0 Å². The summed E-state index contributed by atoms with van der Waals surface area (Å²) < 4.78 is 0. The van der Waals surface area contributed by atoms with Crippen molar-refractivity contribution in [3.63, 3.8) is 0 Å². The van der Waals surface area contributed by atoms with Gasteiger partial charge in [0, 0.05) is 0 Å². The van der Waals surface area contributed by atoms with Crippen LogP contribution in [0.3, 0.4) is 0 Å². The molecule has 2 aliphatic carbocycles. The first-order valence-corrected chi connectivity index (χ1v) is 16.5. The van der Waals surface area contributed by atoms with Crippen LogP contribution in [0.4, 0.5) is 0 Å². The van der Waals surface area contributed by atoms with Crippen LogP contribution in [0.5, 0.6) is 0 Å². The number of hydrogen-bond acceptors (Lipinski definition) is 0. The number of alkyl halides is 1. The molecule has 7 aromatic rings. The highest BCUT2D eigenvalue weighted by atomic mass is 35.5. The summed E-state index contributed by atoms with van der Waals surface area (Å²) >= 11 is 6.94. The summed E-state index contributed by atoms with van der Waals surface area (Å²) in [5.74, 6) is 0. The fraction of sp³-hybridized carbons (Fsp3) is 0.0667. The zero-order chi connectivity index (χ0) is 30.7. The molecule has 0 nitrogen and oxygen atoms in total. The Bertz CT molecular complexity index is 2300. The van der Waals surface area contributed by atoms with E-state index in [4.69, 9.17) is 11.6 Å². The third-order valence-corrected chi connectivity index (χ3v) is 10.4. The highest BCUT2D eigenvalue weighted by Crippen LogP contribution is 2.57. The molecule has 1 atom stereocenters. The lowest BCUT2D eigenvalue weighted by Crippen LogP contribution is -2.28. The van der Waals surface area contributed by atoms with Crippen molar-refractivity contribution in [3.05, 3.63) is 203 Å². The molecule has 0 aromatic heterocycles. The topological polar surface area (TPSA) is 0 Å². The summed E-state index contributed by atoms with van der Waals surface area (Å²) in [6.45, 7) is 0. The van der Waals surface area contributed by atoms with Crippen molar-refractivity contribution in [3.8, 4) is 11.1 Å². The highest BCUT2D eigenvalue weighted by Gasteiger charge is 2.46. The van der Waals surface area contributed by atoms with Gasteiger partial charge in [-0.3, -0.25) is 0 Å². The number of hydrogen-bond donors (Lipinski definition) is 0. The largest absolute Gasteiger partial charge is 0.118 e. The van der Waals surface area contributed by atoms with Gasteiger partial charge in [-0.15, -0.1) is 11.6 Å². The molecule has 0 bridgehead atoms. The molecule has 0 spiro atoms. The predicted octanol–water partition coefficient (Wildman–Crippen LogP) is 11.8. The third kappa shape index (κ3) is 4.00. The second kappa shape index (κ2) is 10.7. The van der Waals surface area contributed by atoms with Crippen LogP contribution in [0, 0.1) is 0 Å². The molecule has 0 N–H and O–H groups in total. The Hall–Kier alpha value is -5.17. The van der Waals surface area contributed by atoms with Gasteiger partial charge in [0.25, 0.3) is 0 Å². The van der Waals surface area contributed by atoms with Gasteiger partial charge in [0.2, 0.25) is 0 Å². The van der Waals surface area contributed by atoms with Gasteiger partial charge in [0.1, 0.15) is 0 Å². The Morgan fingerprint density at radius 1 is 0.500 bits per heavy atom. The monoisotopic (exact) mass is 606 g/mol. The molecule has 0 amide bonds. The molecule has 1 unspecified atom stereocenters. The SMILES string of the molecule is ClC1C=CC(c2cc3ccccc3c3ccccc23)=C(c2ccc3c(c2)C(c2ccccc2)(c2ccccc2)c2ccccc2-3)C1. The summed E-state index contributed by atoms with van der Waals surface area (Å²) in [6, 6.07) is 58.0. The Morgan fingerprint density at radius 2 is 1.11 bits per heavy atom. The van der Waals surface area contributed by atoms with Gasteiger partial charge in [0.05, 0.1) is 10.8 Å². The Kier molecular flexibility index (Phi) is 6.33. The molecular formula is C45H31Cl. The maximum atomic E-state index is 6.94. The van der Waals surface area contributed by atoms with Gasteiger partial charge in [-0.1, -0.05) is 158 Å². The molecule has 46 heavy (non-hydrogen) atoms. The van der Waals surface area contributed by atoms with E-state index in [-0.39, 0.29) is 5.38 Å².